The second-order valence-corrected chi connectivity index (χ2v) is 7.62. The zero-order valence-electron chi connectivity index (χ0n) is 18.2. The third-order valence-corrected chi connectivity index (χ3v) is 5.59. The summed E-state index contributed by atoms with van der Waals surface area (Å²) < 4.78 is 56.6. The van der Waals surface area contributed by atoms with Gasteiger partial charge in [0.15, 0.2) is 11.5 Å². The molecular formula is C25H22F3NO4. The highest BCUT2D eigenvalue weighted by Gasteiger charge is 2.51. The molecule has 3 aromatic rings. The number of nitrogens with zero attached hydrogens (tertiary/aromatic N) is 1. The molecule has 1 heterocycles. The van der Waals surface area contributed by atoms with Gasteiger partial charge in [0.05, 0.1) is 19.8 Å². The summed E-state index contributed by atoms with van der Waals surface area (Å²) in [6.07, 6.45) is -5.45. The van der Waals surface area contributed by atoms with Crippen LogP contribution in [0.4, 0.5) is 18.9 Å². The predicted molar refractivity (Wildman–Crippen MR) is 117 cm³/mol. The van der Waals surface area contributed by atoms with Crippen LogP contribution < -0.4 is 19.1 Å². The Labute approximate surface area is 189 Å². The standard InChI is InChI=1S/C25H22F3NO4/c1-15-7-4-5-10-19(15)33-23-22(16-11-12-20(31-2)21(13-16)32-3)29(24(23)30)18-9-6-8-17(14-18)25(26,27)28/h4-14,22-23H,1-3H3/t22-,23+/m0/s1. The summed E-state index contributed by atoms with van der Waals surface area (Å²) >= 11 is 0. The van der Waals surface area contributed by atoms with E-state index in [4.69, 9.17) is 14.2 Å². The fourth-order valence-electron chi connectivity index (χ4n) is 3.88. The first-order valence-corrected chi connectivity index (χ1v) is 10.2. The number of ether oxygens (including phenoxy) is 3. The van der Waals surface area contributed by atoms with Gasteiger partial charge >= 0.3 is 6.18 Å². The molecule has 0 N–H and O–H groups in total. The summed E-state index contributed by atoms with van der Waals surface area (Å²) in [7, 11) is 2.99. The smallest absolute Gasteiger partial charge is 0.416 e. The zero-order chi connectivity index (χ0) is 23.8. The van der Waals surface area contributed by atoms with Crippen molar-refractivity contribution in [2.45, 2.75) is 25.2 Å². The van der Waals surface area contributed by atoms with Gasteiger partial charge in [0.1, 0.15) is 11.8 Å². The van der Waals surface area contributed by atoms with Gasteiger partial charge in [-0.3, -0.25) is 9.69 Å². The molecule has 0 saturated carbocycles. The van der Waals surface area contributed by atoms with Gasteiger partial charge in [-0.05, 0) is 54.4 Å². The Kier molecular flexibility index (Phi) is 5.93. The summed E-state index contributed by atoms with van der Waals surface area (Å²) in [5.41, 5.74) is 0.790. The fourth-order valence-corrected chi connectivity index (χ4v) is 3.88. The van der Waals surface area contributed by atoms with E-state index in [-0.39, 0.29) is 5.69 Å². The number of carbonyl (C=O) groups is 1. The number of rotatable bonds is 6. The number of benzene rings is 3. The molecule has 3 aromatic carbocycles. The minimum Gasteiger partial charge on any atom is -0.493 e. The molecule has 1 aliphatic rings. The minimum atomic E-state index is -4.53. The first-order chi connectivity index (χ1) is 15.7. The van der Waals surface area contributed by atoms with Crippen molar-refractivity contribution in [3.8, 4) is 17.2 Å². The Morgan fingerprint density at radius 2 is 1.58 bits per heavy atom. The number of anilines is 1. The van der Waals surface area contributed by atoms with E-state index in [0.717, 1.165) is 17.7 Å². The number of aryl methyl sites for hydroxylation is 1. The van der Waals surface area contributed by atoms with Crippen LogP contribution in [0.25, 0.3) is 0 Å². The number of alkyl halides is 3. The van der Waals surface area contributed by atoms with Crippen LogP contribution in [0.5, 0.6) is 17.2 Å². The van der Waals surface area contributed by atoms with Crippen molar-refractivity contribution in [3.63, 3.8) is 0 Å². The molecule has 0 aliphatic carbocycles. The van der Waals surface area contributed by atoms with Crippen molar-refractivity contribution in [2.75, 3.05) is 19.1 Å². The van der Waals surface area contributed by atoms with E-state index >= 15 is 0 Å². The van der Waals surface area contributed by atoms with Crippen molar-refractivity contribution in [3.05, 3.63) is 83.4 Å². The summed E-state index contributed by atoms with van der Waals surface area (Å²) in [6.45, 7) is 1.86. The summed E-state index contributed by atoms with van der Waals surface area (Å²) in [4.78, 5) is 14.5. The lowest BCUT2D eigenvalue weighted by atomic mass is 9.89. The Morgan fingerprint density at radius 3 is 2.24 bits per heavy atom. The van der Waals surface area contributed by atoms with E-state index in [1.165, 1.54) is 31.3 Å². The van der Waals surface area contributed by atoms with Crippen LogP contribution >= 0.6 is 0 Å². The highest BCUT2D eigenvalue weighted by molar-refractivity contribution is 6.05. The molecule has 1 amide bonds. The van der Waals surface area contributed by atoms with Crippen molar-refractivity contribution in [2.24, 2.45) is 0 Å². The van der Waals surface area contributed by atoms with Gasteiger partial charge in [-0.1, -0.05) is 30.3 Å². The van der Waals surface area contributed by atoms with Crippen LogP contribution in [0.15, 0.2) is 66.7 Å². The van der Waals surface area contributed by atoms with Crippen LogP contribution in [-0.2, 0) is 11.0 Å². The lowest BCUT2D eigenvalue weighted by molar-refractivity contribution is -0.138. The Hall–Kier alpha value is -3.68. The molecule has 2 atom stereocenters. The molecule has 33 heavy (non-hydrogen) atoms. The zero-order valence-corrected chi connectivity index (χ0v) is 18.2. The molecule has 4 rings (SSSR count). The van der Waals surface area contributed by atoms with E-state index in [1.807, 2.05) is 19.1 Å². The Balaban J connectivity index is 1.77. The highest BCUT2D eigenvalue weighted by Crippen LogP contribution is 2.44. The lowest BCUT2D eigenvalue weighted by Gasteiger charge is -2.47. The van der Waals surface area contributed by atoms with E-state index in [9.17, 15) is 18.0 Å². The van der Waals surface area contributed by atoms with Crippen molar-refractivity contribution < 1.29 is 32.2 Å². The number of carbonyl (C=O) groups excluding carboxylic acids is 1. The van der Waals surface area contributed by atoms with Gasteiger partial charge in [-0.2, -0.15) is 13.2 Å². The normalized spacial score (nSPS) is 18.0. The predicted octanol–water partition coefficient (Wildman–Crippen LogP) is 5.57. The second-order valence-electron chi connectivity index (χ2n) is 7.62. The molecule has 1 saturated heterocycles. The lowest BCUT2D eigenvalue weighted by Crippen LogP contribution is -2.61. The maximum absolute atomic E-state index is 13.3. The monoisotopic (exact) mass is 457 g/mol. The maximum Gasteiger partial charge on any atom is 0.416 e. The number of hydrogen-bond acceptors (Lipinski definition) is 4. The average molecular weight is 457 g/mol. The second kappa shape index (κ2) is 8.69. The van der Waals surface area contributed by atoms with Gasteiger partial charge in [0.2, 0.25) is 6.10 Å². The van der Waals surface area contributed by atoms with E-state index in [2.05, 4.69) is 0 Å². The number of methoxy groups -OCH3 is 2. The molecule has 5 nitrogen and oxygen atoms in total. The number of halogens is 3. The number of amides is 1. The molecule has 172 valence electrons. The van der Waals surface area contributed by atoms with Crippen LogP contribution in [0.3, 0.4) is 0 Å². The third-order valence-electron chi connectivity index (χ3n) is 5.59. The largest absolute Gasteiger partial charge is 0.493 e. The van der Waals surface area contributed by atoms with Crippen LogP contribution in [0, 0.1) is 6.92 Å². The first kappa shape index (κ1) is 22.5. The van der Waals surface area contributed by atoms with E-state index in [1.54, 1.807) is 30.3 Å². The minimum absolute atomic E-state index is 0.138. The van der Waals surface area contributed by atoms with Crippen molar-refractivity contribution in [1.29, 1.82) is 0 Å². The number of hydrogen-bond donors (Lipinski definition) is 0. The summed E-state index contributed by atoms with van der Waals surface area (Å²) in [5, 5.41) is 0. The summed E-state index contributed by atoms with van der Waals surface area (Å²) in [6, 6.07) is 16.4. The molecule has 0 spiro atoms. The molecular weight excluding hydrogens is 435 g/mol. The van der Waals surface area contributed by atoms with Gasteiger partial charge in [-0.25, -0.2) is 0 Å². The van der Waals surface area contributed by atoms with Crippen LogP contribution in [0.2, 0.25) is 0 Å². The molecule has 8 heteroatoms. The van der Waals surface area contributed by atoms with E-state index < -0.39 is 29.8 Å². The van der Waals surface area contributed by atoms with Gasteiger partial charge in [0, 0.05) is 5.69 Å². The molecule has 0 aromatic heterocycles. The topological polar surface area (TPSA) is 48.0 Å². The van der Waals surface area contributed by atoms with Gasteiger partial charge < -0.3 is 14.2 Å². The van der Waals surface area contributed by atoms with Crippen molar-refractivity contribution >= 4 is 11.6 Å². The average Bonchev–Trinajstić information content (AvgIpc) is 2.80. The highest BCUT2D eigenvalue weighted by atomic mass is 19.4. The quantitative estimate of drug-likeness (QED) is 0.455. The van der Waals surface area contributed by atoms with Crippen molar-refractivity contribution in [1.82, 2.24) is 0 Å². The molecule has 0 bridgehead atoms. The number of β-lactam (4-membered cyclic amide) rings is 1. The number of para-hydroxylation sites is 1. The summed E-state index contributed by atoms with van der Waals surface area (Å²) in [5.74, 6) is 1.03. The van der Waals surface area contributed by atoms with E-state index in [0.29, 0.717) is 22.8 Å². The Morgan fingerprint density at radius 1 is 0.848 bits per heavy atom. The van der Waals surface area contributed by atoms with Gasteiger partial charge in [-0.15, -0.1) is 0 Å². The fraction of sp³-hybridized carbons (Fsp3) is 0.240. The molecule has 1 fully saturated rings. The Bertz CT molecular complexity index is 1180. The van der Waals surface area contributed by atoms with Gasteiger partial charge in [0.25, 0.3) is 5.91 Å². The third kappa shape index (κ3) is 4.20. The first-order valence-electron chi connectivity index (χ1n) is 10.2. The van der Waals surface area contributed by atoms with Crippen LogP contribution in [-0.4, -0.2) is 26.2 Å². The SMILES string of the molecule is COc1ccc([C@H]2[C@@H](Oc3ccccc3C)C(=O)N2c2cccc(C(F)(F)F)c2)cc1OC. The maximum atomic E-state index is 13.3. The molecule has 0 unspecified atom stereocenters. The molecule has 0 radical (unpaired) electrons. The molecule has 1 aliphatic heterocycles. The van der Waals surface area contributed by atoms with Crippen LogP contribution in [0.1, 0.15) is 22.7 Å².